The highest BCUT2D eigenvalue weighted by Crippen LogP contribution is 2.39. The van der Waals surface area contributed by atoms with Gasteiger partial charge in [0.1, 0.15) is 6.07 Å². The lowest BCUT2D eigenvalue weighted by atomic mass is 9.98. The molecule has 0 saturated heterocycles. The van der Waals surface area contributed by atoms with Crippen LogP contribution in [-0.4, -0.2) is 23.9 Å². The first-order valence-corrected chi connectivity index (χ1v) is 10.6. The molecule has 4 nitrogen and oxygen atoms in total. The van der Waals surface area contributed by atoms with Gasteiger partial charge < -0.3 is 5.32 Å². The third kappa shape index (κ3) is 3.78. The molecule has 1 aliphatic heterocycles. The quantitative estimate of drug-likeness (QED) is 0.660. The molecule has 2 aromatic heterocycles. The maximum atomic E-state index is 12.7. The van der Waals surface area contributed by atoms with Crippen molar-refractivity contribution in [2.45, 2.75) is 12.5 Å². The van der Waals surface area contributed by atoms with Crippen molar-refractivity contribution in [3.8, 4) is 6.07 Å². The molecular weight excluding hydrogens is 398 g/mol. The van der Waals surface area contributed by atoms with E-state index in [1.54, 1.807) is 40.9 Å². The van der Waals surface area contributed by atoms with E-state index < -0.39 is 0 Å². The van der Waals surface area contributed by atoms with Crippen molar-refractivity contribution in [1.82, 2.24) is 4.90 Å². The summed E-state index contributed by atoms with van der Waals surface area (Å²) >= 11 is 9.57. The molecule has 1 aromatic carbocycles. The van der Waals surface area contributed by atoms with Crippen LogP contribution in [0.15, 0.2) is 47.2 Å². The fraction of sp³-hybridized carbons (Fsp3) is 0.200. The lowest BCUT2D eigenvalue weighted by molar-refractivity contribution is -0.117. The molecule has 3 aromatic rings. The van der Waals surface area contributed by atoms with Gasteiger partial charge in [0, 0.05) is 22.0 Å². The number of nitrogens with zero attached hydrogens (tertiary/aromatic N) is 2. The van der Waals surface area contributed by atoms with E-state index in [2.05, 4.69) is 39.2 Å². The number of rotatable bonds is 4. The summed E-state index contributed by atoms with van der Waals surface area (Å²) in [7, 11) is 0. The van der Waals surface area contributed by atoms with Crippen molar-refractivity contribution in [3.05, 3.63) is 73.1 Å². The Morgan fingerprint density at radius 1 is 1.30 bits per heavy atom. The number of nitriles is 1. The predicted molar refractivity (Wildman–Crippen MR) is 111 cm³/mol. The molecule has 0 saturated carbocycles. The van der Waals surface area contributed by atoms with Crippen LogP contribution in [0.25, 0.3) is 0 Å². The standard InChI is InChI=1S/C20H16ClN3OS2/c21-16-10-14(4-3-13(16)11-22)23-19(25)12-24-7-5-17-15(6-9-27-17)20(24)18-2-1-8-26-18/h1-4,6,8-10,20H,5,7,12H2,(H,23,25)/t20-/m1/s1. The number of fused-ring (bicyclic) bond motifs is 1. The zero-order valence-electron chi connectivity index (χ0n) is 14.3. The Kier molecular flexibility index (Phi) is 5.28. The number of carbonyl (C=O) groups is 1. The predicted octanol–water partition coefficient (Wildman–Crippen LogP) is 4.92. The molecule has 0 unspecified atom stereocenters. The molecule has 0 radical (unpaired) electrons. The van der Waals surface area contributed by atoms with Crippen LogP contribution < -0.4 is 5.32 Å². The first kappa shape index (κ1) is 18.2. The Bertz CT molecular complexity index is 1010. The normalized spacial score (nSPS) is 16.5. The molecule has 1 N–H and O–H groups in total. The second kappa shape index (κ2) is 7.83. The van der Waals surface area contributed by atoms with E-state index in [-0.39, 0.29) is 11.9 Å². The fourth-order valence-electron chi connectivity index (χ4n) is 3.39. The molecule has 4 rings (SSSR count). The summed E-state index contributed by atoms with van der Waals surface area (Å²) < 4.78 is 0. The Labute approximate surface area is 170 Å². The Balaban J connectivity index is 1.52. The van der Waals surface area contributed by atoms with Gasteiger partial charge in [0.15, 0.2) is 0 Å². The van der Waals surface area contributed by atoms with E-state index >= 15 is 0 Å². The number of nitrogens with one attached hydrogen (secondary N) is 1. The Morgan fingerprint density at radius 2 is 2.19 bits per heavy atom. The number of hydrogen-bond donors (Lipinski definition) is 1. The summed E-state index contributed by atoms with van der Waals surface area (Å²) in [5.74, 6) is -0.0870. The molecular formula is C20H16ClN3OS2. The molecule has 136 valence electrons. The van der Waals surface area contributed by atoms with Crippen molar-refractivity contribution in [1.29, 1.82) is 5.26 Å². The molecule has 1 amide bonds. The van der Waals surface area contributed by atoms with Crippen LogP contribution in [0.5, 0.6) is 0 Å². The van der Waals surface area contributed by atoms with E-state index in [0.29, 0.717) is 22.8 Å². The van der Waals surface area contributed by atoms with Crippen LogP contribution >= 0.6 is 34.3 Å². The summed E-state index contributed by atoms with van der Waals surface area (Å²) in [5, 5.41) is 16.4. The molecule has 3 heterocycles. The van der Waals surface area contributed by atoms with Crippen LogP contribution in [0, 0.1) is 11.3 Å². The van der Waals surface area contributed by atoms with Gasteiger partial charge in [0.2, 0.25) is 5.91 Å². The number of benzene rings is 1. The van der Waals surface area contributed by atoms with Gasteiger partial charge in [-0.25, -0.2) is 0 Å². The van der Waals surface area contributed by atoms with Gasteiger partial charge >= 0.3 is 0 Å². The van der Waals surface area contributed by atoms with Gasteiger partial charge in [-0.3, -0.25) is 9.69 Å². The van der Waals surface area contributed by atoms with Gasteiger partial charge in [-0.1, -0.05) is 17.7 Å². The maximum absolute atomic E-state index is 12.7. The van der Waals surface area contributed by atoms with Gasteiger partial charge in [-0.05, 0) is 53.1 Å². The minimum atomic E-state index is -0.0870. The summed E-state index contributed by atoms with van der Waals surface area (Å²) in [5.41, 5.74) is 2.31. The van der Waals surface area contributed by atoms with Gasteiger partial charge in [0.05, 0.1) is 23.2 Å². The Hall–Kier alpha value is -2.17. The maximum Gasteiger partial charge on any atom is 0.238 e. The van der Waals surface area contributed by atoms with Gasteiger partial charge in [0.25, 0.3) is 0 Å². The van der Waals surface area contributed by atoms with Gasteiger partial charge in [-0.2, -0.15) is 5.26 Å². The zero-order valence-corrected chi connectivity index (χ0v) is 16.7. The van der Waals surface area contributed by atoms with Crippen molar-refractivity contribution >= 4 is 45.9 Å². The molecule has 1 atom stereocenters. The van der Waals surface area contributed by atoms with Crippen LogP contribution in [0.3, 0.4) is 0 Å². The SMILES string of the molecule is N#Cc1ccc(NC(=O)CN2CCc3sccc3[C@@H]2c2cccs2)cc1Cl. The smallest absolute Gasteiger partial charge is 0.238 e. The minimum Gasteiger partial charge on any atom is -0.325 e. The van der Waals surface area contributed by atoms with Crippen LogP contribution in [0.2, 0.25) is 5.02 Å². The van der Waals surface area contributed by atoms with Crippen LogP contribution in [-0.2, 0) is 11.2 Å². The van der Waals surface area contributed by atoms with E-state index in [1.165, 1.54) is 15.3 Å². The monoisotopic (exact) mass is 413 g/mol. The van der Waals surface area contributed by atoms with E-state index in [9.17, 15) is 4.79 Å². The average molecular weight is 414 g/mol. The number of amides is 1. The second-order valence-electron chi connectivity index (χ2n) is 6.29. The molecule has 0 bridgehead atoms. The van der Waals surface area contributed by atoms with Crippen LogP contribution in [0.4, 0.5) is 5.69 Å². The number of carbonyl (C=O) groups excluding carboxylic acids is 1. The number of hydrogen-bond acceptors (Lipinski definition) is 5. The highest BCUT2D eigenvalue weighted by molar-refractivity contribution is 7.10. The lowest BCUT2D eigenvalue weighted by Crippen LogP contribution is -2.40. The van der Waals surface area contributed by atoms with Crippen molar-refractivity contribution in [3.63, 3.8) is 0 Å². The minimum absolute atomic E-state index is 0.0870. The summed E-state index contributed by atoms with van der Waals surface area (Å²) in [6.45, 7) is 1.15. The third-order valence-corrected chi connectivity index (χ3v) is 6.83. The molecule has 0 aliphatic carbocycles. The lowest BCUT2D eigenvalue weighted by Gasteiger charge is -2.34. The summed E-state index contributed by atoms with van der Waals surface area (Å²) in [6, 6.07) is 13.4. The number of anilines is 1. The van der Waals surface area contributed by atoms with Gasteiger partial charge in [-0.15, -0.1) is 22.7 Å². The summed E-state index contributed by atoms with van der Waals surface area (Å²) in [6.07, 6.45) is 0.963. The third-order valence-electron chi connectivity index (χ3n) is 4.60. The van der Waals surface area contributed by atoms with E-state index in [1.807, 2.05) is 6.07 Å². The first-order chi connectivity index (χ1) is 13.2. The zero-order chi connectivity index (χ0) is 18.8. The highest BCUT2D eigenvalue weighted by atomic mass is 35.5. The first-order valence-electron chi connectivity index (χ1n) is 8.49. The largest absolute Gasteiger partial charge is 0.325 e. The van der Waals surface area contributed by atoms with E-state index in [4.69, 9.17) is 16.9 Å². The number of halogens is 1. The summed E-state index contributed by atoms with van der Waals surface area (Å²) in [4.78, 5) is 17.5. The van der Waals surface area contributed by atoms with Crippen molar-refractivity contribution < 1.29 is 4.79 Å². The molecule has 0 fully saturated rings. The Morgan fingerprint density at radius 3 is 2.93 bits per heavy atom. The van der Waals surface area contributed by atoms with Crippen molar-refractivity contribution in [2.75, 3.05) is 18.4 Å². The molecule has 1 aliphatic rings. The van der Waals surface area contributed by atoms with Crippen LogP contribution in [0.1, 0.15) is 26.9 Å². The molecule has 27 heavy (non-hydrogen) atoms. The second-order valence-corrected chi connectivity index (χ2v) is 8.68. The molecule has 7 heteroatoms. The highest BCUT2D eigenvalue weighted by Gasteiger charge is 2.31. The average Bonchev–Trinajstić information content (AvgIpc) is 3.33. The molecule has 0 spiro atoms. The fourth-order valence-corrected chi connectivity index (χ4v) is 5.39. The number of thiophene rings is 2. The topological polar surface area (TPSA) is 56.1 Å². The van der Waals surface area contributed by atoms with E-state index in [0.717, 1.165) is 13.0 Å². The van der Waals surface area contributed by atoms with Crippen molar-refractivity contribution in [2.24, 2.45) is 0 Å².